The highest BCUT2D eigenvalue weighted by Crippen LogP contribution is 2.49. The number of halogens is 1. The Morgan fingerprint density at radius 1 is 0.933 bits per heavy atom. The van der Waals surface area contributed by atoms with Crippen molar-refractivity contribution in [3.05, 3.63) is 101 Å². The van der Waals surface area contributed by atoms with Crippen molar-refractivity contribution in [2.75, 3.05) is 7.11 Å². The summed E-state index contributed by atoms with van der Waals surface area (Å²) in [4.78, 5) is 17.7. The van der Waals surface area contributed by atoms with Gasteiger partial charge in [-0.2, -0.15) is 0 Å². The molecular formula is C25H22FNO3. The van der Waals surface area contributed by atoms with E-state index in [0.29, 0.717) is 22.9 Å². The predicted octanol–water partition coefficient (Wildman–Crippen LogP) is 5.51. The predicted molar refractivity (Wildman–Crippen MR) is 113 cm³/mol. The number of carbonyl (C=O) groups is 1. The average molecular weight is 403 g/mol. The Morgan fingerprint density at radius 2 is 1.57 bits per heavy atom. The molecule has 1 saturated carbocycles. The molecule has 4 rings (SSSR count). The summed E-state index contributed by atoms with van der Waals surface area (Å²) in [6.45, 7) is 2.05. The zero-order valence-electron chi connectivity index (χ0n) is 16.8. The van der Waals surface area contributed by atoms with Gasteiger partial charge in [0.2, 0.25) is 0 Å². The van der Waals surface area contributed by atoms with Crippen LogP contribution in [0.4, 0.5) is 4.39 Å². The van der Waals surface area contributed by atoms with Crippen LogP contribution in [-0.4, -0.2) is 18.8 Å². The maximum atomic E-state index is 13.4. The van der Waals surface area contributed by atoms with Crippen molar-refractivity contribution >= 4 is 11.7 Å². The summed E-state index contributed by atoms with van der Waals surface area (Å²) in [5.74, 6) is 0.195. The lowest BCUT2D eigenvalue weighted by atomic mass is 10.0. The maximum Gasteiger partial charge on any atom is 0.365 e. The van der Waals surface area contributed by atoms with Crippen molar-refractivity contribution in [3.8, 4) is 5.75 Å². The maximum absolute atomic E-state index is 13.4. The minimum atomic E-state index is -0.551. The molecule has 0 saturated heterocycles. The summed E-state index contributed by atoms with van der Waals surface area (Å²) in [6.07, 6.45) is 0.902. The van der Waals surface area contributed by atoms with Gasteiger partial charge in [0.25, 0.3) is 0 Å². The number of carbonyl (C=O) groups excluding carboxylic acids is 1. The van der Waals surface area contributed by atoms with E-state index in [2.05, 4.69) is 36.3 Å². The van der Waals surface area contributed by atoms with Gasteiger partial charge in [-0.15, -0.1) is 0 Å². The number of rotatable bonds is 6. The van der Waals surface area contributed by atoms with Crippen LogP contribution in [0.3, 0.4) is 0 Å². The van der Waals surface area contributed by atoms with Crippen LogP contribution in [0.5, 0.6) is 5.75 Å². The third-order valence-electron chi connectivity index (χ3n) is 5.34. The van der Waals surface area contributed by atoms with Crippen LogP contribution in [0.15, 0.2) is 78.0 Å². The largest absolute Gasteiger partial charge is 0.497 e. The lowest BCUT2D eigenvalue weighted by Gasteiger charge is -2.08. The minimum Gasteiger partial charge on any atom is -0.497 e. The molecule has 1 aliphatic carbocycles. The fourth-order valence-electron chi connectivity index (χ4n) is 3.50. The number of aryl methyl sites for hydroxylation is 1. The number of nitrogens with zero attached hydrogens (tertiary/aromatic N) is 1. The average Bonchev–Trinajstić information content (AvgIpc) is 3.56. The Hall–Kier alpha value is -3.47. The molecule has 5 heteroatoms. The van der Waals surface area contributed by atoms with E-state index in [-0.39, 0.29) is 11.7 Å². The van der Waals surface area contributed by atoms with Crippen LogP contribution >= 0.6 is 0 Å². The normalized spacial score (nSPS) is 18.0. The first kappa shape index (κ1) is 19.8. The van der Waals surface area contributed by atoms with Gasteiger partial charge in [-0.05, 0) is 66.8 Å². The Bertz CT molecular complexity index is 1060. The van der Waals surface area contributed by atoms with Gasteiger partial charge in [0.05, 0.1) is 18.4 Å². The summed E-state index contributed by atoms with van der Waals surface area (Å²) in [7, 11) is 1.56. The second kappa shape index (κ2) is 8.49. The van der Waals surface area contributed by atoms with Crippen molar-refractivity contribution in [1.82, 2.24) is 0 Å². The molecule has 4 nitrogen and oxygen atoms in total. The van der Waals surface area contributed by atoms with Gasteiger partial charge >= 0.3 is 5.97 Å². The molecule has 0 heterocycles. The number of hydrogen-bond acceptors (Lipinski definition) is 4. The molecule has 0 bridgehead atoms. The van der Waals surface area contributed by atoms with Crippen molar-refractivity contribution in [2.24, 2.45) is 11.1 Å². The van der Waals surface area contributed by atoms with Gasteiger partial charge in [0, 0.05) is 5.92 Å². The molecule has 0 amide bonds. The van der Waals surface area contributed by atoms with Crippen molar-refractivity contribution in [3.63, 3.8) is 0 Å². The lowest BCUT2D eigenvalue weighted by molar-refractivity contribution is 0.0515. The van der Waals surface area contributed by atoms with Gasteiger partial charge in [0.1, 0.15) is 11.6 Å². The van der Waals surface area contributed by atoms with Gasteiger partial charge in [-0.3, -0.25) is 0 Å². The van der Waals surface area contributed by atoms with Gasteiger partial charge in [-0.25, -0.2) is 9.18 Å². The monoisotopic (exact) mass is 403 g/mol. The van der Waals surface area contributed by atoms with Crippen LogP contribution in [0, 0.1) is 18.7 Å². The molecule has 3 aromatic rings. The number of benzene rings is 3. The molecule has 3 aromatic carbocycles. The molecule has 0 radical (unpaired) electrons. The Kier molecular flexibility index (Phi) is 5.61. The van der Waals surface area contributed by atoms with Crippen LogP contribution in [0.25, 0.3) is 0 Å². The summed E-state index contributed by atoms with van der Waals surface area (Å²) >= 11 is 0. The summed E-state index contributed by atoms with van der Waals surface area (Å²) in [5, 5.41) is 4.21. The number of methoxy groups -OCH3 is 1. The highest BCUT2D eigenvalue weighted by molar-refractivity contribution is 6.04. The molecule has 2 atom stereocenters. The van der Waals surface area contributed by atoms with E-state index in [1.54, 1.807) is 43.5 Å². The van der Waals surface area contributed by atoms with Crippen molar-refractivity contribution < 1.29 is 18.8 Å². The van der Waals surface area contributed by atoms with E-state index in [4.69, 9.17) is 9.57 Å². The van der Waals surface area contributed by atoms with Crippen LogP contribution < -0.4 is 4.74 Å². The Labute approximate surface area is 174 Å². The third kappa shape index (κ3) is 4.40. The molecule has 1 aliphatic rings. The smallest absolute Gasteiger partial charge is 0.365 e. The standard InChI is InChI=1S/C25H22FNO3/c1-16-3-5-17(6-4-16)22-15-23(22)24(18-7-11-20(26)12-8-18)27-30-25(28)19-9-13-21(29-2)14-10-19/h3-14,22-23H,15H2,1-2H3. The molecule has 0 N–H and O–H groups in total. The number of hydrogen-bond donors (Lipinski definition) is 0. The Balaban J connectivity index is 1.56. The van der Waals surface area contributed by atoms with E-state index < -0.39 is 5.97 Å². The summed E-state index contributed by atoms with van der Waals surface area (Å²) in [6, 6.07) is 21.1. The second-order valence-electron chi connectivity index (χ2n) is 7.45. The molecular weight excluding hydrogens is 381 g/mol. The minimum absolute atomic E-state index is 0.113. The van der Waals surface area contributed by atoms with E-state index >= 15 is 0 Å². The first-order chi connectivity index (χ1) is 14.5. The summed E-state index contributed by atoms with van der Waals surface area (Å²) < 4.78 is 18.5. The zero-order chi connectivity index (χ0) is 21.1. The first-order valence-electron chi connectivity index (χ1n) is 9.81. The number of oxime groups is 1. The van der Waals surface area contributed by atoms with E-state index in [9.17, 15) is 9.18 Å². The van der Waals surface area contributed by atoms with Gasteiger partial charge in [-0.1, -0.05) is 47.1 Å². The van der Waals surface area contributed by atoms with E-state index in [1.807, 2.05) is 0 Å². The lowest BCUT2D eigenvalue weighted by Crippen LogP contribution is -2.09. The van der Waals surface area contributed by atoms with Gasteiger partial charge in [0.15, 0.2) is 0 Å². The first-order valence-corrected chi connectivity index (χ1v) is 9.81. The highest BCUT2D eigenvalue weighted by atomic mass is 19.1. The van der Waals surface area contributed by atoms with Crippen molar-refractivity contribution in [1.29, 1.82) is 0 Å². The molecule has 2 unspecified atom stereocenters. The fourth-order valence-corrected chi connectivity index (χ4v) is 3.50. The van der Waals surface area contributed by atoms with Crippen LogP contribution in [-0.2, 0) is 4.84 Å². The van der Waals surface area contributed by atoms with Crippen LogP contribution in [0.2, 0.25) is 0 Å². The quantitative estimate of drug-likeness (QED) is 0.310. The molecule has 0 aromatic heterocycles. The van der Waals surface area contributed by atoms with E-state index in [0.717, 1.165) is 12.0 Å². The van der Waals surface area contributed by atoms with Crippen LogP contribution in [0.1, 0.15) is 39.4 Å². The van der Waals surface area contributed by atoms with Crippen molar-refractivity contribution in [2.45, 2.75) is 19.3 Å². The number of ether oxygens (including phenoxy) is 1. The zero-order valence-corrected chi connectivity index (χ0v) is 16.8. The molecule has 1 fully saturated rings. The molecule has 0 spiro atoms. The topological polar surface area (TPSA) is 47.9 Å². The Morgan fingerprint density at radius 3 is 2.20 bits per heavy atom. The SMILES string of the molecule is COc1ccc(C(=O)ON=C(c2ccc(F)cc2)C2CC2c2ccc(C)cc2)cc1. The molecule has 0 aliphatic heterocycles. The highest BCUT2D eigenvalue weighted by Gasteiger charge is 2.43. The summed E-state index contributed by atoms with van der Waals surface area (Å²) in [5.41, 5.74) is 4.21. The van der Waals surface area contributed by atoms with E-state index in [1.165, 1.54) is 23.3 Å². The third-order valence-corrected chi connectivity index (χ3v) is 5.34. The second-order valence-corrected chi connectivity index (χ2v) is 7.45. The van der Waals surface area contributed by atoms with Gasteiger partial charge < -0.3 is 9.57 Å². The fraction of sp³-hybridized carbons (Fsp3) is 0.200. The molecule has 30 heavy (non-hydrogen) atoms. The molecule has 152 valence electrons.